The molecule has 0 atom stereocenters. The third kappa shape index (κ3) is 3.94. The van der Waals surface area contributed by atoms with Crippen LogP contribution in [0.25, 0.3) is 0 Å². The third-order valence-corrected chi connectivity index (χ3v) is 4.29. The van der Waals surface area contributed by atoms with Crippen LogP contribution in [-0.4, -0.2) is 44.5 Å². The summed E-state index contributed by atoms with van der Waals surface area (Å²) in [6.45, 7) is -0.569. The Bertz CT molecular complexity index is 747. The zero-order chi connectivity index (χ0) is 19.2. The summed E-state index contributed by atoms with van der Waals surface area (Å²) in [5.74, 6) is -1.16. The highest BCUT2D eigenvalue weighted by molar-refractivity contribution is 6.02. The van der Waals surface area contributed by atoms with E-state index in [9.17, 15) is 19.6 Å². The van der Waals surface area contributed by atoms with Crippen molar-refractivity contribution in [3.8, 4) is 17.6 Å². The molecule has 0 unspecified atom stereocenters. The van der Waals surface area contributed by atoms with Crippen LogP contribution in [0.3, 0.4) is 0 Å². The van der Waals surface area contributed by atoms with E-state index in [0.29, 0.717) is 19.1 Å². The summed E-state index contributed by atoms with van der Waals surface area (Å²) in [7, 11) is 2.72. The predicted octanol–water partition coefficient (Wildman–Crippen LogP) is 1.63. The third-order valence-electron chi connectivity index (χ3n) is 4.29. The molecular formula is C18H20N2O6. The number of nitriles is 1. The molecule has 1 aliphatic rings. The van der Waals surface area contributed by atoms with E-state index < -0.39 is 24.0 Å². The van der Waals surface area contributed by atoms with E-state index in [0.717, 1.165) is 12.8 Å². The Kier molecular flexibility index (Phi) is 6.17. The molecule has 8 heteroatoms. The first-order valence-electron chi connectivity index (χ1n) is 8.10. The van der Waals surface area contributed by atoms with Crippen molar-refractivity contribution in [1.82, 2.24) is 5.32 Å². The Morgan fingerprint density at radius 2 is 1.96 bits per heavy atom. The van der Waals surface area contributed by atoms with Crippen LogP contribution in [0.4, 0.5) is 0 Å². The summed E-state index contributed by atoms with van der Waals surface area (Å²) >= 11 is 0. The molecular weight excluding hydrogens is 340 g/mol. The van der Waals surface area contributed by atoms with Crippen molar-refractivity contribution >= 4 is 18.2 Å². The number of ether oxygens (including phenoxy) is 3. The van der Waals surface area contributed by atoms with E-state index in [2.05, 4.69) is 11.4 Å². The molecule has 1 aliphatic carbocycles. The van der Waals surface area contributed by atoms with Crippen LogP contribution in [0.2, 0.25) is 0 Å². The molecule has 0 saturated heterocycles. The highest BCUT2D eigenvalue weighted by Gasteiger charge is 2.35. The number of rotatable bonds is 7. The minimum atomic E-state index is -0.898. The molecule has 0 aromatic heterocycles. The van der Waals surface area contributed by atoms with Gasteiger partial charge in [0.25, 0.3) is 5.91 Å². The van der Waals surface area contributed by atoms with Gasteiger partial charge in [0, 0.05) is 5.56 Å². The number of carbonyl (C=O) groups is 3. The Morgan fingerprint density at radius 3 is 2.50 bits per heavy atom. The summed E-state index contributed by atoms with van der Waals surface area (Å²) in [4.78, 5) is 35.7. The zero-order valence-corrected chi connectivity index (χ0v) is 14.7. The van der Waals surface area contributed by atoms with E-state index in [4.69, 9.17) is 14.2 Å². The minimum Gasteiger partial charge on any atom is -0.493 e. The lowest BCUT2D eigenvalue weighted by Gasteiger charge is -2.21. The van der Waals surface area contributed by atoms with Gasteiger partial charge in [-0.3, -0.25) is 9.59 Å². The number of methoxy groups -OCH3 is 2. The van der Waals surface area contributed by atoms with Crippen molar-refractivity contribution in [3.63, 3.8) is 0 Å². The molecule has 0 radical (unpaired) electrons. The van der Waals surface area contributed by atoms with Gasteiger partial charge >= 0.3 is 5.97 Å². The highest BCUT2D eigenvalue weighted by Crippen LogP contribution is 2.33. The zero-order valence-electron chi connectivity index (χ0n) is 14.7. The predicted molar refractivity (Wildman–Crippen MR) is 90.2 cm³/mol. The van der Waals surface area contributed by atoms with Crippen molar-refractivity contribution in [2.45, 2.75) is 31.2 Å². The van der Waals surface area contributed by atoms with Gasteiger partial charge in [-0.2, -0.15) is 5.26 Å². The standard InChI is InChI=1S/C18H20N2O6/c1-24-13-6-5-12(9-21)15(16(13)25-2)17(23)26-10-14(22)20-18(11-19)7-3-4-8-18/h5-6,9H,3-4,7-8,10H2,1-2H3,(H,20,22). The van der Waals surface area contributed by atoms with E-state index in [1.807, 2.05) is 0 Å². The Labute approximate surface area is 151 Å². The molecule has 0 bridgehead atoms. The van der Waals surface area contributed by atoms with Crippen LogP contribution in [0.15, 0.2) is 12.1 Å². The molecule has 0 heterocycles. The SMILES string of the molecule is COc1ccc(C=O)c(C(=O)OCC(=O)NC2(C#N)CCCC2)c1OC. The number of nitrogens with one attached hydrogen (secondary N) is 1. The second-order valence-corrected chi connectivity index (χ2v) is 5.91. The van der Waals surface area contributed by atoms with Crippen molar-refractivity contribution in [2.24, 2.45) is 0 Å². The minimum absolute atomic E-state index is 0.0480. The molecule has 138 valence electrons. The van der Waals surface area contributed by atoms with Gasteiger partial charge in [0.15, 0.2) is 24.4 Å². The van der Waals surface area contributed by atoms with Gasteiger partial charge in [-0.05, 0) is 37.8 Å². The van der Waals surface area contributed by atoms with Crippen LogP contribution in [0.5, 0.6) is 11.5 Å². The van der Waals surface area contributed by atoms with Gasteiger partial charge in [0.1, 0.15) is 11.1 Å². The van der Waals surface area contributed by atoms with Crippen LogP contribution in [0, 0.1) is 11.3 Å². The maximum atomic E-state index is 12.4. The van der Waals surface area contributed by atoms with Gasteiger partial charge in [-0.25, -0.2) is 4.79 Å². The second kappa shape index (κ2) is 8.34. The number of esters is 1. The molecule has 1 saturated carbocycles. The van der Waals surface area contributed by atoms with Crippen molar-refractivity contribution in [1.29, 1.82) is 5.26 Å². The van der Waals surface area contributed by atoms with E-state index >= 15 is 0 Å². The fourth-order valence-electron chi connectivity index (χ4n) is 3.00. The Morgan fingerprint density at radius 1 is 1.27 bits per heavy atom. The molecule has 0 aliphatic heterocycles. The van der Waals surface area contributed by atoms with Crippen LogP contribution < -0.4 is 14.8 Å². The van der Waals surface area contributed by atoms with Gasteiger partial charge in [0.05, 0.1) is 20.3 Å². The number of hydrogen-bond donors (Lipinski definition) is 1. The van der Waals surface area contributed by atoms with Gasteiger partial charge in [0.2, 0.25) is 0 Å². The highest BCUT2D eigenvalue weighted by atomic mass is 16.5. The smallest absolute Gasteiger partial charge is 0.343 e. The van der Waals surface area contributed by atoms with Crippen molar-refractivity contribution in [2.75, 3.05) is 20.8 Å². The van der Waals surface area contributed by atoms with Gasteiger partial charge < -0.3 is 19.5 Å². The number of carbonyl (C=O) groups excluding carboxylic acids is 3. The lowest BCUT2D eigenvalue weighted by Crippen LogP contribution is -2.46. The first-order chi connectivity index (χ1) is 12.5. The van der Waals surface area contributed by atoms with Gasteiger partial charge in [-0.15, -0.1) is 0 Å². The number of hydrogen-bond acceptors (Lipinski definition) is 7. The molecule has 8 nitrogen and oxygen atoms in total. The van der Waals surface area contributed by atoms with Crippen LogP contribution in [0.1, 0.15) is 46.4 Å². The molecule has 1 N–H and O–H groups in total. The van der Waals surface area contributed by atoms with Crippen molar-refractivity contribution < 1.29 is 28.6 Å². The largest absolute Gasteiger partial charge is 0.493 e. The molecule has 26 heavy (non-hydrogen) atoms. The molecule has 1 aromatic rings. The molecule has 1 aromatic carbocycles. The quantitative estimate of drug-likeness (QED) is 0.580. The lowest BCUT2D eigenvalue weighted by atomic mass is 10.00. The van der Waals surface area contributed by atoms with Crippen LogP contribution >= 0.6 is 0 Å². The molecule has 0 spiro atoms. The monoisotopic (exact) mass is 360 g/mol. The average Bonchev–Trinajstić information content (AvgIpc) is 3.13. The molecule has 1 fully saturated rings. The van der Waals surface area contributed by atoms with Gasteiger partial charge in [-0.1, -0.05) is 0 Å². The Balaban J connectivity index is 2.11. The first kappa shape index (κ1) is 19.2. The number of amides is 1. The fourth-order valence-corrected chi connectivity index (χ4v) is 3.00. The van der Waals surface area contributed by atoms with E-state index in [1.54, 1.807) is 0 Å². The van der Waals surface area contributed by atoms with E-state index in [-0.39, 0.29) is 22.6 Å². The fraction of sp³-hybridized carbons (Fsp3) is 0.444. The molecule has 1 amide bonds. The number of benzene rings is 1. The summed E-state index contributed by atoms with van der Waals surface area (Å²) in [6.07, 6.45) is 3.35. The maximum absolute atomic E-state index is 12.4. The Hall–Kier alpha value is -3.08. The number of nitrogens with zero attached hydrogens (tertiary/aromatic N) is 1. The summed E-state index contributed by atoms with van der Waals surface area (Å²) in [5, 5.41) is 11.9. The summed E-state index contributed by atoms with van der Waals surface area (Å²) in [5.41, 5.74) is -0.965. The van der Waals surface area contributed by atoms with Crippen LogP contribution in [-0.2, 0) is 9.53 Å². The van der Waals surface area contributed by atoms with Crippen molar-refractivity contribution in [3.05, 3.63) is 23.3 Å². The maximum Gasteiger partial charge on any atom is 0.343 e. The first-order valence-corrected chi connectivity index (χ1v) is 8.10. The summed E-state index contributed by atoms with van der Waals surface area (Å²) < 4.78 is 15.3. The van der Waals surface area contributed by atoms with E-state index in [1.165, 1.54) is 26.4 Å². The second-order valence-electron chi connectivity index (χ2n) is 5.91. The average molecular weight is 360 g/mol. The topological polar surface area (TPSA) is 115 Å². The summed E-state index contributed by atoms with van der Waals surface area (Å²) in [6, 6.07) is 5.01. The normalized spacial score (nSPS) is 14.8. The molecule has 2 rings (SSSR count). The lowest BCUT2D eigenvalue weighted by molar-refractivity contribution is -0.125. The number of aldehydes is 1.